The van der Waals surface area contributed by atoms with Crippen LogP contribution in [0.25, 0.3) is 11.5 Å². The second-order valence-corrected chi connectivity index (χ2v) is 6.75. The van der Waals surface area contributed by atoms with Gasteiger partial charge in [0.2, 0.25) is 11.6 Å². The summed E-state index contributed by atoms with van der Waals surface area (Å²) in [6.45, 7) is 2.16. The van der Waals surface area contributed by atoms with Gasteiger partial charge in [-0.15, -0.1) is 10.2 Å². The average molecular weight is 351 g/mol. The molecule has 0 saturated heterocycles. The fourth-order valence-electron chi connectivity index (χ4n) is 2.61. The van der Waals surface area contributed by atoms with E-state index < -0.39 is 0 Å². The molecular formula is C17H17N7S. The predicted octanol–water partition coefficient (Wildman–Crippen LogP) is 3.51. The van der Waals surface area contributed by atoms with Crippen LogP contribution in [0.5, 0.6) is 0 Å². The molecule has 0 aliphatic carbocycles. The van der Waals surface area contributed by atoms with Crippen molar-refractivity contribution in [1.82, 2.24) is 19.9 Å². The molecule has 0 saturated carbocycles. The van der Waals surface area contributed by atoms with E-state index >= 15 is 0 Å². The summed E-state index contributed by atoms with van der Waals surface area (Å²) in [6, 6.07) is 9.45. The van der Waals surface area contributed by atoms with Gasteiger partial charge in [-0.3, -0.25) is 4.98 Å². The first-order chi connectivity index (χ1) is 12.3. The summed E-state index contributed by atoms with van der Waals surface area (Å²) in [5.41, 5.74) is 8.25. The molecule has 4 heterocycles. The van der Waals surface area contributed by atoms with Gasteiger partial charge in [0.1, 0.15) is 16.4 Å². The molecule has 0 atom stereocenters. The largest absolute Gasteiger partial charge is 0.391 e. The van der Waals surface area contributed by atoms with Crippen molar-refractivity contribution < 1.29 is 0 Å². The minimum atomic E-state index is 0.625. The average Bonchev–Trinajstić information content (AvgIpc) is 3.31. The molecule has 0 spiro atoms. The van der Waals surface area contributed by atoms with Gasteiger partial charge in [-0.2, -0.15) is 9.78 Å². The minimum absolute atomic E-state index is 0.625. The number of hydrogen-bond acceptors (Lipinski definition) is 7. The molecule has 3 aromatic rings. The Kier molecular flexibility index (Phi) is 4.10. The highest BCUT2D eigenvalue weighted by Gasteiger charge is 2.28. The molecule has 126 valence electrons. The number of nitrogens with zero attached hydrogens (tertiary/aromatic N) is 6. The van der Waals surface area contributed by atoms with E-state index in [0.29, 0.717) is 11.6 Å². The van der Waals surface area contributed by atoms with E-state index in [9.17, 15) is 0 Å². The van der Waals surface area contributed by atoms with Gasteiger partial charge in [-0.05, 0) is 37.1 Å². The topological polar surface area (TPSA) is 94.3 Å². The maximum atomic E-state index is 5.82. The third-order valence-electron chi connectivity index (χ3n) is 3.84. The number of unbranched alkanes of at least 4 members (excludes halogenated alkanes) is 1. The number of hydrogen-bond donors (Lipinski definition) is 1. The van der Waals surface area contributed by atoms with Gasteiger partial charge in [-0.25, -0.2) is 4.99 Å². The first kappa shape index (κ1) is 15.6. The van der Waals surface area contributed by atoms with Gasteiger partial charge in [0.05, 0.1) is 10.7 Å². The zero-order chi connectivity index (χ0) is 17.2. The Morgan fingerprint density at radius 1 is 1.16 bits per heavy atom. The molecule has 1 aliphatic heterocycles. The number of anilines is 1. The maximum absolute atomic E-state index is 5.82. The van der Waals surface area contributed by atoms with Gasteiger partial charge in [-0.1, -0.05) is 30.7 Å². The Hall–Kier alpha value is -2.87. The highest BCUT2D eigenvalue weighted by molar-refractivity contribution is 7.19. The molecule has 0 amide bonds. The van der Waals surface area contributed by atoms with Crippen molar-refractivity contribution in [2.75, 3.05) is 5.73 Å². The number of rotatable bonds is 5. The van der Waals surface area contributed by atoms with Crippen molar-refractivity contribution in [1.29, 1.82) is 0 Å². The van der Waals surface area contributed by atoms with Crippen molar-refractivity contribution in [2.24, 2.45) is 10.1 Å². The quantitative estimate of drug-likeness (QED) is 0.761. The number of aliphatic imine (C=N–C) groups is 1. The fourth-order valence-corrected chi connectivity index (χ4v) is 3.26. The van der Waals surface area contributed by atoms with Crippen LogP contribution in [0.3, 0.4) is 0 Å². The Bertz CT molecular complexity index is 953. The molecule has 0 unspecified atom stereocenters. The van der Waals surface area contributed by atoms with Gasteiger partial charge >= 0.3 is 0 Å². The van der Waals surface area contributed by atoms with E-state index in [1.165, 1.54) is 11.3 Å². The summed E-state index contributed by atoms with van der Waals surface area (Å²) in [5, 5.41) is 14.9. The van der Waals surface area contributed by atoms with Crippen LogP contribution in [0.2, 0.25) is 0 Å². The lowest BCUT2D eigenvalue weighted by atomic mass is 10.1. The van der Waals surface area contributed by atoms with E-state index in [0.717, 1.165) is 46.4 Å². The second kappa shape index (κ2) is 6.56. The number of fused-ring (bicyclic) bond motifs is 1. The summed E-state index contributed by atoms with van der Waals surface area (Å²) in [6.07, 6.45) is 4.71. The molecule has 3 aromatic heterocycles. The van der Waals surface area contributed by atoms with Gasteiger partial charge in [0.25, 0.3) is 0 Å². The van der Waals surface area contributed by atoms with E-state index in [2.05, 4.69) is 22.1 Å². The standard InChI is InChI=1S/C17H17N7S/c1-2-3-6-11-15(20-14-9-8-13(18)25-14)17-22-21-16(24(17)23-11)12-7-4-5-10-19-12/h4-5,7-10H,2-3,6,18H2,1H3. The maximum Gasteiger partial charge on any atom is 0.205 e. The normalized spacial score (nSPS) is 14.8. The van der Waals surface area contributed by atoms with Gasteiger partial charge in [0.15, 0.2) is 0 Å². The molecule has 7 nitrogen and oxygen atoms in total. The molecule has 0 fully saturated rings. The number of thiophene rings is 1. The number of nitrogen functional groups attached to an aromatic ring is 1. The second-order valence-electron chi connectivity index (χ2n) is 5.66. The monoisotopic (exact) mass is 351 g/mol. The molecular weight excluding hydrogens is 334 g/mol. The van der Waals surface area contributed by atoms with E-state index in [-0.39, 0.29) is 0 Å². The molecule has 4 rings (SSSR count). The summed E-state index contributed by atoms with van der Waals surface area (Å²) in [7, 11) is 0. The lowest BCUT2D eigenvalue weighted by molar-refractivity contribution is 0.825. The van der Waals surface area contributed by atoms with Crippen LogP contribution in [-0.4, -0.2) is 31.3 Å². The van der Waals surface area contributed by atoms with E-state index in [1.807, 2.05) is 30.3 Å². The Labute approximate surface area is 149 Å². The van der Waals surface area contributed by atoms with Crippen LogP contribution in [0.1, 0.15) is 32.0 Å². The molecule has 1 aliphatic rings. The van der Waals surface area contributed by atoms with Crippen molar-refractivity contribution in [3.05, 3.63) is 42.4 Å². The van der Waals surface area contributed by atoms with Gasteiger partial charge < -0.3 is 5.73 Å². The lowest BCUT2D eigenvalue weighted by Gasteiger charge is -1.99. The highest BCUT2D eigenvalue weighted by atomic mass is 32.1. The highest BCUT2D eigenvalue weighted by Crippen LogP contribution is 2.29. The molecule has 0 bridgehead atoms. The zero-order valence-electron chi connectivity index (χ0n) is 13.8. The molecule has 25 heavy (non-hydrogen) atoms. The van der Waals surface area contributed by atoms with E-state index in [1.54, 1.807) is 10.9 Å². The molecule has 2 N–H and O–H groups in total. The summed E-state index contributed by atoms with van der Waals surface area (Å²) < 4.78 is 1.74. The van der Waals surface area contributed by atoms with Crippen LogP contribution >= 0.6 is 11.3 Å². The van der Waals surface area contributed by atoms with Crippen molar-refractivity contribution >= 4 is 32.8 Å². The molecule has 0 aromatic carbocycles. The lowest BCUT2D eigenvalue weighted by Crippen LogP contribution is -2.12. The Morgan fingerprint density at radius 3 is 2.76 bits per heavy atom. The van der Waals surface area contributed by atoms with Crippen molar-refractivity contribution in [2.45, 2.75) is 26.2 Å². The summed E-state index contributed by atoms with van der Waals surface area (Å²) >= 11 is 1.44. The third kappa shape index (κ3) is 2.96. The van der Waals surface area contributed by atoms with Crippen LogP contribution in [0, 0.1) is 0 Å². The van der Waals surface area contributed by atoms with Crippen LogP contribution in [-0.2, 0) is 0 Å². The van der Waals surface area contributed by atoms with Crippen LogP contribution in [0.4, 0.5) is 10.0 Å². The molecule has 8 heteroatoms. The van der Waals surface area contributed by atoms with Crippen molar-refractivity contribution in [3.8, 4) is 11.5 Å². The number of nitrogens with two attached hydrogens (primary N) is 1. The minimum Gasteiger partial charge on any atom is -0.391 e. The predicted molar refractivity (Wildman–Crippen MR) is 101 cm³/mol. The third-order valence-corrected chi connectivity index (χ3v) is 4.65. The van der Waals surface area contributed by atoms with E-state index in [4.69, 9.17) is 15.8 Å². The fraction of sp³-hybridized carbons (Fsp3) is 0.235. The summed E-state index contributed by atoms with van der Waals surface area (Å²) in [5.74, 6) is 1.28. The summed E-state index contributed by atoms with van der Waals surface area (Å²) in [4.78, 5) is 9.09. The first-order valence-electron chi connectivity index (χ1n) is 8.15. The molecule has 0 radical (unpaired) electrons. The number of pyridine rings is 1. The Balaban J connectivity index is 1.79. The van der Waals surface area contributed by atoms with Crippen LogP contribution < -0.4 is 5.73 Å². The van der Waals surface area contributed by atoms with Crippen molar-refractivity contribution in [3.63, 3.8) is 0 Å². The zero-order valence-corrected chi connectivity index (χ0v) is 14.6. The smallest absolute Gasteiger partial charge is 0.205 e. The number of aromatic nitrogens is 4. The van der Waals surface area contributed by atoms with Gasteiger partial charge in [0, 0.05) is 6.20 Å². The van der Waals surface area contributed by atoms with Crippen LogP contribution in [0.15, 0.2) is 46.6 Å². The Morgan fingerprint density at radius 2 is 2.04 bits per heavy atom. The first-order valence-corrected chi connectivity index (χ1v) is 8.97. The SMILES string of the molecule is CCCCC1=Nn2c(nnc2-c2ccccn2)C1=Nc1ccc(N)s1.